The van der Waals surface area contributed by atoms with Crippen LogP contribution in [0.1, 0.15) is 22.3 Å². The molecule has 4 N–H and O–H groups in total. The van der Waals surface area contributed by atoms with Crippen LogP contribution in [0.2, 0.25) is 0 Å². The fraction of sp³-hybridized carbons (Fsp3) is 0.375. The van der Waals surface area contributed by atoms with Crippen LogP contribution >= 0.6 is 0 Å². The van der Waals surface area contributed by atoms with E-state index in [9.17, 15) is 4.79 Å². The smallest absolute Gasteiger partial charge is 0.251 e. The minimum atomic E-state index is -0.0300. The van der Waals surface area contributed by atoms with Gasteiger partial charge in [-0.3, -0.25) is 4.79 Å². The van der Waals surface area contributed by atoms with Gasteiger partial charge in [0, 0.05) is 30.8 Å². The molecule has 1 amide bonds. The molecule has 0 aromatic heterocycles. The van der Waals surface area contributed by atoms with Gasteiger partial charge in [-0.05, 0) is 25.1 Å². The molecule has 2 heterocycles. The molecule has 0 aliphatic carbocycles. The fourth-order valence-corrected chi connectivity index (χ4v) is 2.77. The molecule has 6 nitrogen and oxygen atoms in total. The number of carbonyl (C=O) groups excluding carboxylic acids is 1. The highest BCUT2D eigenvalue weighted by atomic mass is 16.1. The first-order valence-electron chi connectivity index (χ1n) is 7.49. The quantitative estimate of drug-likeness (QED) is 0.753. The maximum absolute atomic E-state index is 12.3. The Labute approximate surface area is 130 Å². The molecule has 1 saturated heterocycles. The van der Waals surface area contributed by atoms with E-state index in [-0.39, 0.29) is 11.9 Å². The van der Waals surface area contributed by atoms with Crippen LogP contribution < -0.4 is 16.4 Å². The maximum Gasteiger partial charge on any atom is 0.251 e. The average molecular weight is 299 g/mol. The number of nitrogens with zero attached hydrogens (tertiary/aromatic N) is 2. The number of aliphatic imine (C=N–C) groups is 1. The number of hydrogen-bond donors (Lipinski definition) is 3. The summed E-state index contributed by atoms with van der Waals surface area (Å²) in [6.07, 6.45) is 2.73. The van der Waals surface area contributed by atoms with Crippen molar-refractivity contribution in [1.29, 1.82) is 0 Å². The Morgan fingerprint density at radius 3 is 3.09 bits per heavy atom. The van der Waals surface area contributed by atoms with Gasteiger partial charge >= 0.3 is 0 Å². The van der Waals surface area contributed by atoms with Gasteiger partial charge in [-0.1, -0.05) is 12.1 Å². The number of benzene rings is 1. The molecule has 2 aliphatic rings. The second-order valence-electron chi connectivity index (χ2n) is 5.73. The zero-order chi connectivity index (χ0) is 15.5. The summed E-state index contributed by atoms with van der Waals surface area (Å²) in [6, 6.07) is 7.83. The Morgan fingerprint density at radius 2 is 2.36 bits per heavy atom. The number of hydrogen-bond acceptors (Lipinski definition) is 5. The predicted octanol–water partition coefficient (Wildman–Crippen LogP) is 0.379. The van der Waals surface area contributed by atoms with Gasteiger partial charge in [0.05, 0.1) is 18.4 Å². The Morgan fingerprint density at radius 1 is 1.50 bits per heavy atom. The van der Waals surface area contributed by atoms with Crippen molar-refractivity contribution in [3.05, 3.63) is 41.6 Å². The van der Waals surface area contributed by atoms with Gasteiger partial charge in [0.25, 0.3) is 5.91 Å². The van der Waals surface area contributed by atoms with Crippen molar-refractivity contribution in [2.45, 2.75) is 12.5 Å². The molecule has 0 bridgehead atoms. The van der Waals surface area contributed by atoms with Crippen LogP contribution in [-0.2, 0) is 0 Å². The summed E-state index contributed by atoms with van der Waals surface area (Å²) in [6.45, 7) is 2.39. The minimum Gasteiger partial charge on any atom is -0.386 e. The minimum absolute atomic E-state index is 0.0300. The molecule has 0 radical (unpaired) electrons. The van der Waals surface area contributed by atoms with Crippen LogP contribution in [0.25, 0.3) is 5.70 Å². The SMILES string of the molecule is CN1CC(N)=NC=C1c1cccc(C(=O)N[C@@H]2CCNC2)c1. The van der Waals surface area contributed by atoms with Crippen LogP contribution in [-0.4, -0.2) is 49.4 Å². The van der Waals surface area contributed by atoms with Gasteiger partial charge in [-0.2, -0.15) is 0 Å². The highest BCUT2D eigenvalue weighted by Gasteiger charge is 2.19. The third-order valence-electron chi connectivity index (χ3n) is 3.98. The summed E-state index contributed by atoms with van der Waals surface area (Å²) in [5.41, 5.74) is 8.33. The molecule has 0 spiro atoms. The largest absolute Gasteiger partial charge is 0.386 e. The lowest BCUT2D eigenvalue weighted by atomic mass is 10.1. The lowest BCUT2D eigenvalue weighted by molar-refractivity contribution is 0.0940. The van der Waals surface area contributed by atoms with E-state index in [1.165, 1.54) is 0 Å². The molecule has 3 rings (SSSR count). The molecule has 1 atom stereocenters. The average Bonchev–Trinajstić information content (AvgIpc) is 3.00. The predicted molar refractivity (Wildman–Crippen MR) is 87.4 cm³/mol. The molecule has 0 saturated carbocycles. The van der Waals surface area contributed by atoms with E-state index in [2.05, 4.69) is 15.6 Å². The Hall–Kier alpha value is -2.34. The van der Waals surface area contributed by atoms with Gasteiger partial charge in [0.1, 0.15) is 5.84 Å². The molecule has 2 aliphatic heterocycles. The molecule has 116 valence electrons. The molecule has 22 heavy (non-hydrogen) atoms. The number of nitrogens with one attached hydrogen (secondary N) is 2. The summed E-state index contributed by atoms with van der Waals surface area (Å²) in [4.78, 5) is 18.6. The normalized spacial score (nSPS) is 21.3. The van der Waals surface area contributed by atoms with Gasteiger partial charge in [-0.25, -0.2) is 4.99 Å². The van der Waals surface area contributed by atoms with Crippen molar-refractivity contribution in [1.82, 2.24) is 15.5 Å². The van der Waals surface area contributed by atoms with E-state index in [1.807, 2.05) is 36.2 Å². The van der Waals surface area contributed by atoms with Gasteiger partial charge < -0.3 is 21.3 Å². The molecule has 6 heteroatoms. The molecule has 0 unspecified atom stereocenters. The van der Waals surface area contributed by atoms with E-state index in [0.717, 1.165) is 30.8 Å². The maximum atomic E-state index is 12.3. The Balaban J connectivity index is 1.79. The van der Waals surface area contributed by atoms with E-state index in [1.54, 1.807) is 6.20 Å². The number of carbonyl (C=O) groups is 1. The summed E-state index contributed by atoms with van der Waals surface area (Å²) in [7, 11) is 1.96. The second-order valence-corrected chi connectivity index (χ2v) is 5.73. The number of amidine groups is 1. The van der Waals surface area contributed by atoms with E-state index < -0.39 is 0 Å². The Kier molecular flexibility index (Phi) is 4.11. The molecular formula is C16H21N5O. The summed E-state index contributed by atoms with van der Waals surface area (Å²) in [5, 5.41) is 6.31. The van der Waals surface area contributed by atoms with E-state index in [4.69, 9.17) is 5.73 Å². The summed E-state index contributed by atoms with van der Waals surface area (Å²) >= 11 is 0. The monoisotopic (exact) mass is 299 g/mol. The fourth-order valence-electron chi connectivity index (χ4n) is 2.77. The third-order valence-corrected chi connectivity index (χ3v) is 3.98. The number of likely N-dealkylation sites (N-methyl/N-ethyl adjacent to an activating group) is 1. The number of rotatable bonds is 3. The van der Waals surface area contributed by atoms with Crippen LogP contribution in [0, 0.1) is 0 Å². The lowest BCUT2D eigenvalue weighted by Crippen LogP contribution is -2.36. The molecule has 1 aromatic carbocycles. The zero-order valence-electron chi connectivity index (χ0n) is 12.7. The number of nitrogens with two attached hydrogens (primary N) is 1. The third kappa shape index (κ3) is 3.12. The van der Waals surface area contributed by atoms with Crippen LogP contribution in [0.15, 0.2) is 35.5 Å². The van der Waals surface area contributed by atoms with Crippen molar-refractivity contribution >= 4 is 17.4 Å². The van der Waals surface area contributed by atoms with Gasteiger partial charge in [-0.15, -0.1) is 0 Å². The van der Waals surface area contributed by atoms with Crippen LogP contribution in [0.5, 0.6) is 0 Å². The standard InChI is InChI=1S/C16H21N5O/c1-21-10-15(17)19-9-14(21)11-3-2-4-12(7-11)16(22)20-13-5-6-18-8-13/h2-4,7,9,13,18H,5-6,8,10H2,1H3,(H2,17,19)(H,20,22)/t13-/m1/s1. The highest BCUT2D eigenvalue weighted by Crippen LogP contribution is 2.21. The zero-order valence-corrected chi connectivity index (χ0v) is 12.7. The van der Waals surface area contributed by atoms with Crippen molar-refractivity contribution < 1.29 is 4.79 Å². The molecular weight excluding hydrogens is 278 g/mol. The Bertz CT molecular complexity index is 631. The van der Waals surface area contributed by atoms with Crippen molar-refractivity contribution in [3.8, 4) is 0 Å². The summed E-state index contributed by atoms with van der Waals surface area (Å²) < 4.78 is 0. The lowest BCUT2D eigenvalue weighted by Gasteiger charge is -2.25. The number of amides is 1. The highest BCUT2D eigenvalue weighted by molar-refractivity contribution is 5.95. The van der Waals surface area contributed by atoms with Crippen molar-refractivity contribution in [2.24, 2.45) is 10.7 Å². The molecule has 1 aromatic rings. The van der Waals surface area contributed by atoms with Crippen LogP contribution in [0.3, 0.4) is 0 Å². The van der Waals surface area contributed by atoms with E-state index >= 15 is 0 Å². The van der Waals surface area contributed by atoms with E-state index in [0.29, 0.717) is 17.9 Å². The first-order chi connectivity index (χ1) is 10.6. The summed E-state index contributed by atoms with van der Waals surface area (Å²) in [5.74, 6) is 0.562. The van der Waals surface area contributed by atoms with Crippen molar-refractivity contribution in [3.63, 3.8) is 0 Å². The van der Waals surface area contributed by atoms with Crippen LogP contribution in [0.4, 0.5) is 0 Å². The first-order valence-corrected chi connectivity index (χ1v) is 7.49. The first kappa shape index (κ1) is 14.6. The van der Waals surface area contributed by atoms with Crippen molar-refractivity contribution in [2.75, 3.05) is 26.7 Å². The van der Waals surface area contributed by atoms with Gasteiger partial charge in [0.2, 0.25) is 0 Å². The van der Waals surface area contributed by atoms with Gasteiger partial charge in [0.15, 0.2) is 0 Å². The topological polar surface area (TPSA) is 82.8 Å². The second kappa shape index (κ2) is 6.19. The molecule has 1 fully saturated rings.